The van der Waals surface area contributed by atoms with Gasteiger partial charge in [0.2, 0.25) is 0 Å². The summed E-state index contributed by atoms with van der Waals surface area (Å²) in [5.41, 5.74) is 0.962. The second kappa shape index (κ2) is 5.49. The number of halogens is 1. The van der Waals surface area contributed by atoms with Gasteiger partial charge >= 0.3 is 0 Å². The summed E-state index contributed by atoms with van der Waals surface area (Å²) in [7, 11) is 0. The number of pyridine rings is 1. The number of aliphatic hydroxyl groups excluding tert-OH is 1. The van der Waals surface area contributed by atoms with Crippen molar-refractivity contribution in [3.05, 3.63) is 30.1 Å². The summed E-state index contributed by atoms with van der Waals surface area (Å²) in [6.07, 6.45) is 3.93. The molecule has 1 heterocycles. The Morgan fingerprint density at radius 3 is 2.82 bits per heavy atom. The molecule has 0 bridgehead atoms. The number of nitrogens with zero attached hydrogens (tertiary/aromatic N) is 1. The van der Waals surface area contributed by atoms with Crippen molar-refractivity contribution in [2.75, 3.05) is 0 Å². The van der Waals surface area contributed by atoms with Crippen LogP contribution < -0.4 is 28.5 Å². The Kier molecular flexibility index (Phi) is 5.41. The molecular weight excluding hydrogens is 253 g/mol. The van der Waals surface area contributed by atoms with Gasteiger partial charge in [-0.15, -0.1) is 0 Å². The monoisotopic (exact) mass is 265 g/mol. The van der Waals surface area contributed by atoms with Crippen LogP contribution in [0, 0.1) is 0 Å². The Balaban J connectivity index is 0.000001000. The first-order valence-corrected chi connectivity index (χ1v) is 3.45. The molecule has 1 N–H and O–H groups in total. The van der Waals surface area contributed by atoms with Gasteiger partial charge in [0.15, 0.2) is 12.4 Å². The van der Waals surface area contributed by atoms with Crippen LogP contribution in [-0.2, 0) is 13.2 Å². The minimum atomic E-state index is 0. The third-order valence-electron chi connectivity index (χ3n) is 1.47. The van der Waals surface area contributed by atoms with Gasteiger partial charge in [-0.25, -0.2) is 4.57 Å². The highest BCUT2D eigenvalue weighted by Crippen LogP contribution is 1.91. The smallest absolute Gasteiger partial charge is 0.174 e. The first kappa shape index (κ1) is 10.8. The normalized spacial score (nSPS) is 8.91. The lowest BCUT2D eigenvalue weighted by atomic mass is 10.3. The van der Waals surface area contributed by atoms with Crippen LogP contribution in [0.15, 0.2) is 24.5 Å². The molecule has 0 aliphatic heterocycles. The van der Waals surface area contributed by atoms with Gasteiger partial charge in [-0.3, -0.25) is 0 Å². The quantitative estimate of drug-likeness (QED) is 0.463. The summed E-state index contributed by atoms with van der Waals surface area (Å²) < 4.78 is 2.03. The standard InChI is InChI=1S/C8H12NO.HI/c1-2-9-5-3-4-8(6-9)7-10;/h3-6,10H,2,7H2,1H3;1H/q+1;/p-1. The highest BCUT2D eigenvalue weighted by molar-refractivity contribution is 5.02. The fourth-order valence-electron chi connectivity index (χ4n) is 0.866. The van der Waals surface area contributed by atoms with Crippen molar-refractivity contribution >= 4 is 0 Å². The lowest BCUT2D eigenvalue weighted by molar-refractivity contribution is -0.694. The van der Waals surface area contributed by atoms with Crippen LogP contribution in [0.5, 0.6) is 0 Å². The first-order chi connectivity index (χ1) is 4.86. The summed E-state index contributed by atoms with van der Waals surface area (Å²) >= 11 is 0. The van der Waals surface area contributed by atoms with E-state index in [2.05, 4.69) is 6.92 Å². The molecule has 0 atom stereocenters. The van der Waals surface area contributed by atoms with E-state index in [4.69, 9.17) is 5.11 Å². The lowest BCUT2D eigenvalue weighted by Gasteiger charge is -1.93. The van der Waals surface area contributed by atoms with Crippen LogP contribution in [0.25, 0.3) is 0 Å². The Hall–Kier alpha value is -0.160. The third-order valence-corrected chi connectivity index (χ3v) is 1.47. The van der Waals surface area contributed by atoms with Gasteiger partial charge in [-0.05, 0) is 13.0 Å². The molecule has 0 fully saturated rings. The minimum Gasteiger partial charge on any atom is -1.00 e. The Labute approximate surface area is 83.9 Å². The van der Waals surface area contributed by atoms with E-state index in [9.17, 15) is 0 Å². The molecule has 0 aliphatic rings. The molecule has 1 aromatic rings. The summed E-state index contributed by atoms with van der Waals surface area (Å²) in [5.74, 6) is 0. The average Bonchev–Trinajstić information content (AvgIpc) is 2.05. The van der Waals surface area contributed by atoms with Crippen molar-refractivity contribution in [1.82, 2.24) is 0 Å². The highest BCUT2D eigenvalue weighted by Gasteiger charge is 1.96. The van der Waals surface area contributed by atoms with E-state index in [0.717, 1.165) is 12.1 Å². The topological polar surface area (TPSA) is 24.1 Å². The molecule has 0 saturated carbocycles. The zero-order chi connectivity index (χ0) is 7.40. The molecule has 2 nitrogen and oxygen atoms in total. The maximum Gasteiger partial charge on any atom is 0.174 e. The Bertz CT molecular complexity index is 196. The van der Waals surface area contributed by atoms with Crippen LogP contribution in [0.4, 0.5) is 0 Å². The van der Waals surface area contributed by atoms with E-state index in [0.29, 0.717) is 0 Å². The van der Waals surface area contributed by atoms with Crippen LogP contribution in [0.2, 0.25) is 0 Å². The lowest BCUT2D eigenvalue weighted by Crippen LogP contribution is -3.00. The van der Waals surface area contributed by atoms with Crippen LogP contribution in [0.1, 0.15) is 12.5 Å². The number of aromatic nitrogens is 1. The van der Waals surface area contributed by atoms with Crippen molar-refractivity contribution in [3.8, 4) is 0 Å². The summed E-state index contributed by atoms with van der Waals surface area (Å²) in [5, 5.41) is 8.74. The van der Waals surface area contributed by atoms with Crippen LogP contribution in [0.3, 0.4) is 0 Å². The fourth-order valence-corrected chi connectivity index (χ4v) is 0.866. The third kappa shape index (κ3) is 3.16. The summed E-state index contributed by atoms with van der Waals surface area (Å²) in [4.78, 5) is 0. The molecule has 3 heteroatoms. The van der Waals surface area contributed by atoms with E-state index in [-0.39, 0.29) is 30.6 Å². The zero-order valence-electron chi connectivity index (χ0n) is 6.50. The number of aryl methyl sites for hydroxylation is 1. The molecule has 0 saturated heterocycles. The minimum absolute atomic E-state index is 0. The van der Waals surface area contributed by atoms with Crippen molar-refractivity contribution in [3.63, 3.8) is 0 Å². The summed E-state index contributed by atoms with van der Waals surface area (Å²) in [6.45, 7) is 3.15. The second-order valence-electron chi connectivity index (χ2n) is 2.20. The number of hydrogen-bond donors (Lipinski definition) is 1. The van der Waals surface area contributed by atoms with Crippen molar-refractivity contribution in [2.45, 2.75) is 20.1 Å². The van der Waals surface area contributed by atoms with Crippen molar-refractivity contribution in [2.24, 2.45) is 0 Å². The van der Waals surface area contributed by atoms with Crippen molar-refractivity contribution in [1.29, 1.82) is 0 Å². The highest BCUT2D eigenvalue weighted by atomic mass is 127. The molecule has 62 valence electrons. The van der Waals surface area contributed by atoms with Gasteiger partial charge < -0.3 is 29.1 Å². The molecule has 0 aliphatic carbocycles. The van der Waals surface area contributed by atoms with E-state index in [1.165, 1.54) is 0 Å². The Morgan fingerprint density at radius 1 is 1.55 bits per heavy atom. The van der Waals surface area contributed by atoms with E-state index < -0.39 is 0 Å². The molecule has 1 rings (SSSR count). The molecular formula is C8H12INO. The van der Waals surface area contributed by atoms with Gasteiger partial charge in [0.25, 0.3) is 0 Å². The number of aliphatic hydroxyl groups is 1. The Morgan fingerprint density at radius 2 is 2.27 bits per heavy atom. The molecule has 0 aromatic carbocycles. The van der Waals surface area contributed by atoms with Gasteiger partial charge in [-0.1, -0.05) is 0 Å². The second-order valence-corrected chi connectivity index (χ2v) is 2.20. The van der Waals surface area contributed by atoms with Crippen LogP contribution in [-0.4, -0.2) is 5.11 Å². The largest absolute Gasteiger partial charge is 1.00 e. The molecule has 0 spiro atoms. The van der Waals surface area contributed by atoms with E-state index in [1.807, 2.05) is 29.1 Å². The average molecular weight is 265 g/mol. The molecule has 11 heavy (non-hydrogen) atoms. The molecule has 1 aromatic heterocycles. The van der Waals surface area contributed by atoms with Crippen LogP contribution >= 0.6 is 0 Å². The van der Waals surface area contributed by atoms with Gasteiger partial charge in [-0.2, -0.15) is 0 Å². The predicted molar refractivity (Wildman–Crippen MR) is 38.2 cm³/mol. The summed E-state index contributed by atoms with van der Waals surface area (Å²) in [6, 6.07) is 3.85. The van der Waals surface area contributed by atoms with E-state index in [1.54, 1.807) is 0 Å². The number of hydrogen-bond acceptors (Lipinski definition) is 1. The number of rotatable bonds is 2. The van der Waals surface area contributed by atoms with Gasteiger partial charge in [0, 0.05) is 11.6 Å². The molecule has 0 radical (unpaired) electrons. The van der Waals surface area contributed by atoms with Crippen molar-refractivity contribution < 1.29 is 33.7 Å². The molecule has 0 unspecified atom stereocenters. The van der Waals surface area contributed by atoms with E-state index >= 15 is 0 Å². The maximum atomic E-state index is 8.74. The maximum absolute atomic E-state index is 8.74. The fraction of sp³-hybridized carbons (Fsp3) is 0.375. The van der Waals surface area contributed by atoms with Gasteiger partial charge in [0.1, 0.15) is 6.54 Å². The van der Waals surface area contributed by atoms with Gasteiger partial charge in [0.05, 0.1) is 6.61 Å². The molecule has 0 amide bonds. The zero-order valence-corrected chi connectivity index (χ0v) is 8.65. The first-order valence-electron chi connectivity index (χ1n) is 3.45. The SMILES string of the molecule is CC[n+]1cccc(CO)c1.[I-]. The predicted octanol–water partition coefficient (Wildman–Crippen LogP) is -2.51.